The molecule has 0 radical (unpaired) electrons. The molecule has 0 spiro atoms. The number of hydrogen-bond acceptors (Lipinski definition) is 15. The Bertz CT molecular complexity index is 1700. The summed E-state index contributed by atoms with van der Waals surface area (Å²) < 4.78 is 68.0. The molecule has 0 amide bonds. The number of phosphoric acid groups is 2. The molecule has 0 saturated carbocycles. The van der Waals surface area contributed by atoms with E-state index in [0.717, 1.165) is 115 Å². The summed E-state index contributed by atoms with van der Waals surface area (Å²) in [6.07, 6.45) is 40.6. The molecule has 0 aromatic heterocycles. The summed E-state index contributed by atoms with van der Waals surface area (Å²) >= 11 is 0. The number of phosphoric ester groups is 2. The third-order valence-electron chi connectivity index (χ3n) is 15.4. The summed E-state index contributed by atoms with van der Waals surface area (Å²) in [5.74, 6) is 0.0978. The van der Waals surface area contributed by atoms with Gasteiger partial charge in [0.2, 0.25) is 0 Å². The number of rotatable bonds is 65. The Balaban J connectivity index is 5.20. The van der Waals surface area contributed by atoms with Gasteiger partial charge in [-0.3, -0.25) is 37.3 Å². The highest BCUT2D eigenvalue weighted by Gasteiger charge is 2.30. The Kier molecular flexibility index (Phi) is 56.9. The molecule has 0 bridgehead atoms. The zero-order chi connectivity index (χ0) is 63.8. The van der Waals surface area contributed by atoms with E-state index in [1.54, 1.807) is 0 Å². The monoisotopic (exact) mass is 1270 g/mol. The highest BCUT2D eigenvalue weighted by Crippen LogP contribution is 2.45. The third-order valence-corrected chi connectivity index (χ3v) is 17.3. The Morgan fingerprint density at radius 1 is 0.314 bits per heavy atom. The lowest BCUT2D eigenvalue weighted by molar-refractivity contribution is -0.161. The summed E-state index contributed by atoms with van der Waals surface area (Å²) in [5.41, 5.74) is 0. The van der Waals surface area contributed by atoms with Crippen LogP contribution < -0.4 is 0 Å². The quantitative estimate of drug-likeness (QED) is 0.0222. The Labute approximate surface area is 524 Å². The number of unbranched alkanes of at least 4 members (excludes halogenated alkanes) is 33. The molecule has 5 atom stereocenters. The van der Waals surface area contributed by atoms with Crippen LogP contribution in [-0.2, 0) is 65.4 Å². The zero-order valence-corrected chi connectivity index (χ0v) is 57.6. The first-order valence-electron chi connectivity index (χ1n) is 34.8. The van der Waals surface area contributed by atoms with Gasteiger partial charge in [0.15, 0.2) is 12.2 Å². The van der Waals surface area contributed by atoms with Crippen LogP contribution in [0, 0.1) is 17.8 Å². The van der Waals surface area contributed by atoms with Crippen LogP contribution >= 0.6 is 15.6 Å². The molecular formula is C67H130O17P2. The molecule has 19 heteroatoms. The molecule has 0 fully saturated rings. The molecule has 17 nitrogen and oxygen atoms in total. The average Bonchev–Trinajstić information content (AvgIpc) is 3.65. The molecule has 0 heterocycles. The predicted octanol–water partition coefficient (Wildman–Crippen LogP) is 18.7. The van der Waals surface area contributed by atoms with Crippen molar-refractivity contribution in [2.45, 2.75) is 349 Å². The second-order valence-corrected chi connectivity index (χ2v) is 28.5. The van der Waals surface area contributed by atoms with Gasteiger partial charge in [0.25, 0.3) is 0 Å². The van der Waals surface area contributed by atoms with E-state index >= 15 is 0 Å². The molecule has 0 aliphatic rings. The summed E-state index contributed by atoms with van der Waals surface area (Å²) in [6.45, 7) is 11.7. The summed E-state index contributed by atoms with van der Waals surface area (Å²) in [4.78, 5) is 72.2. The van der Waals surface area contributed by atoms with E-state index < -0.39 is 97.5 Å². The van der Waals surface area contributed by atoms with E-state index in [9.17, 15) is 43.2 Å². The Hall–Kier alpha value is -1.94. The molecule has 3 N–H and O–H groups in total. The number of esters is 4. The van der Waals surface area contributed by atoms with E-state index in [-0.39, 0.29) is 25.7 Å². The lowest BCUT2D eigenvalue weighted by atomic mass is 10.0. The number of hydrogen-bond donors (Lipinski definition) is 3. The van der Waals surface area contributed by atoms with Gasteiger partial charge in [-0.2, -0.15) is 0 Å². The van der Waals surface area contributed by atoms with Gasteiger partial charge in [-0.05, 0) is 43.4 Å². The minimum absolute atomic E-state index is 0.103. The number of aliphatic hydroxyl groups excluding tert-OH is 1. The maximum atomic E-state index is 13.0. The van der Waals surface area contributed by atoms with Crippen molar-refractivity contribution in [3.8, 4) is 0 Å². The molecular weight excluding hydrogens is 1140 g/mol. The van der Waals surface area contributed by atoms with Crippen LogP contribution in [0.15, 0.2) is 0 Å². The maximum Gasteiger partial charge on any atom is 0.472 e. The molecule has 0 aliphatic carbocycles. The first-order chi connectivity index (χ1) is 41.2. The first kappa shape index (κ1) is 84.1. The summed E-state index contributed by atoms with van der Waals surface area (Å²) in [5, 5.41) is 10.5. The molecule has 2 unspecified atom stereocenters. The molecule has 0 rings (SSSR count). The van der Waals surface area contributed by atoms with Gasteiger partial charge in [-0.1, -0.05) is 280 Å². The molecule has 86 heavy (non-hydrogen) atoms. The van der Waals surface area contributed by atoms with Crippen LogP contribution in [0.25, 0.3) is 0 Å². The minimum atomic E-state index is -4.95. The molecule has 510 valence electrons. The highest BCUT2D eigenvalue weighted by molar-refractivity contribution is 7.47. The number of ether oxygens (including phenoxy) is 4. The fourth-order valence-corrected chi connectivity index (χ4v) is 11.6. The van der Waals surface area contributed by atoms with Gasteiger partial charge in [0.1, 0.15) is 19.3 Å². The van der Waals surface area contributed by atoms with Gasteiger partial charge in [0.05, 0.1) is 26.4 Å². The Morgan fingerprint density at radius 2 is 0.535 bits per heavy atom. The van der Waals surface area contributed by atoms with Crippen LogP contribution in [0.3, 0.4) is 0 Å². The van der Waals surface area contributed by atoms with Crippen LogP contribution in [0.1, 0.15) is 331 Å². The number of carbonyl (C=O) groups excluding carboxylic acids is 4. The molecule has 0 saturated heterocycles. The van der Waals surface area contributed by atoms with Crippen LogP contribution in [0.4, 0.5) is 0 Å². The first-order valence-corrected chi connectivity index (χ1v) is 37.8. The minimum Gasteiger partial charge on any atom is -0.462 e. The lowest BCUT2D eigenvalue weighted by Gasteiger charge is -2.21. The average molecular weight is 1270 g/mol. The Morgan fingerprint density at radius 3 is 0.791 bits per heavy atom. The van der Waals surface area contributed by atoms with E-state index in [0.29, 0.717) is 31.6 Å². The van der Waals surface area contributed by atoms with Crippen LogP contribution in [0.2, 0.25) is 0 Å². The number of carbonyl (C=O) groups is 4. The van der Waals surface area contributed by atoms with Crippen molar-refractivity contribution in [1.29, 1.82) is 0 Å². The van der Waals surface area contributed by atoms with E-state index in [2.05, 4.69) is 48.5 Å². The fourth-order valence-electron chi connectivity index (χ4n) is 10.0. The zero-order valence-electron chi connectivity index (χ0n) is 55.8. The highest BCUT2D eigenvalue weighted by atomic mass is 31.2. The van der Waals surface area contributed by atoms with Crippen LogP contribution in [0.5, 0.6) is 0 Å². The molecule has 0 aromatic carbocycles. The standard InChI is InChI=1S/C67H130O17P2/c1-8-9-10-11-24-34-41-48-64(69)77-54-62(84-67(72)51-44-37-30-23-27-33-40-47-60(6)7)56-81-85(73,74)79-52-61(68)53-80-86(75,76)82-57-63(55-78-65(70)49-42-35-28-22-18-20-26-32-39-46-59(4)5)83-66(71)50-43-36-29-21-17-15-13-12-14-16-19-25-31-38-45-58(2)3/h58-63,68H,8-57H2,1-7H3,(H,73,74)(H,75,76)/t61-,62+,63+/m0/s1. The van der Waals surface area contributed by atoms with Crippen molar-refractivity contribution in [3.63, 3.8) is 0 Å². The predicted molar refractivity (Wildman–Crippen MR) is 344 cm³/mol. The van der Waals surface area contributed by atoms with Gasteiger partial charge < -0.3 is 33.8 Å². The second kappa shape index (κ2) is 58.2. The normalized spacial score (nSPS) is 14.3. The van der Waals surface area contributed by atoms with Crippen molar-refractivity contribution in [1.82, 2.24) is 0 Å². The summed E-state index contributed by atoms with van der Waals surface area (Å²) in [7, 11) is -9.89. The van der Waals surface area contributed by atoms with Crippen molar-refractivity contribution >= 4 is 39.5 Å². The second-order valence-electron chi connectivity index (χ2n) is 25.6. The summed E-state index contributed by atoms with van der Waals surface area (Å²) in [6, 6.07) is 0. The third kappa shape index (κ3) is 60.9. The van der Waals surface area contributed by atoms with Crippen LogP contribution in [-0.4, -0.2) is 96.7 Å². The topological polar surface area (TPSA) is 237 Å². The molecule has 0 aromatic rings. The van der Waals surface area contributed by atoms with E-state index in [1.807, 2.05) is 0 Å². The van der Waals surface area contributed by atoms with Crippen molar-refractivity contribution in [3.05, 3.63) is 0 Å². The maximum absolute atomic E-state index is 13.0. The van der Waals surface area contributed by atoms with Gasteiger partial charge >= 0.3 is 39.5 Å². The van der Waals surface area contributed by atoms with E-state index in [4.69, 9.17) is 37.0 Å². The van der Waals surface area contributed by atoms with Gasteiger partial charge in [-0.15, -0.1) is 0 Å². The fraction of sp³-hybridized carbons (Fsp3) is 0.940. The SMILES string of the molecule is CCCCCCCCCC(=O)OC[C@H](COP(=O)(O)OC[C@H](O)COP(=O)(O)OC[C@@H](COC(=O)CCCCCCCCCCCC(C)C)OC(=O)CCCCCCCCCCCCCCCCC(C)C)OC(=O)CCCCCCCCCC(C)C. The van der Waals surface area contributed by atoms with Gasteiger partial charge in [0, 0.05) is 25.7 Å². The van der Waals surface area contributed by atoms with Gasteiger partial charge in [-0.25, -0.2) is 9.13 Å². The lowest BCUT2D eigenvalue weighted by Crippen LogP contribution is -2.30. The number of aliphatic hydroxyl groups is 1. The van der Waals surface area contributed by atoms with Crippen molar-refractivity contribution < 1.29 is 80.2 Å². The molecule has 0 aliphatic heterocycles. The van der Waals surface area contributed by atoms with Crippen molar-refractivity contribution in [2.75, 3.05) is 39.6 Å². The van der Waals surface area contributed by atoms with Crippen molar-refractivity contribution in [2.24, 2.45) is 17.8 Å². The largest absolute Gasteiger partial charge is 0.472 e. The smallest absolute Gasteiger partial charge is 0.462 e. The van der Waals surface area contributed by atoms with E-state index in [1.165, 1.54) is 128 Å².